The van der Waals surface area contributed by atoms with Gasteiger partial charge in [-0.1, -0.05) is 19.9 Å². The quantitative estimate of drug-likeness (QED) is 0.801. The minimum Gasteiger partial charge on any atom is -0.376 e. The highest BCUT2D eigenvalue weighted by atomic mass is 19.2. The van der Waals surface area contributed by atoms with Gasteiger partial charge in [-0.25, -0.2) is 13.2 Å². The van der Waals surface area contributed by atoms with Gasteiger partial charge in [-0.05, 0) is 26.0 Å². The molecule has 0 saturated carbocycles. The van der Waals surface area contributed by atoms with Crippen LogP contribution in [0.3, 0.4) is 0 Å². The maximum atomic E-state index is 13.9. The molecule has 1 atom stereocenters. The van der Waals surface area contributed by atoms with Crippen molar-refractivity contribution >= 4 is 0 Å². The first-order chi connectivity index (χ1) is 8.97. The number of nitrogens with one attached hydrogen (secondary N) is 1. The second-order valence-electron chi connectivity index (χ2n) is 4.46. The number of benzene rings is 1. The highest BCUT2D eigenvalue weighted by molar-refractivity contribution is 5.26. The zero-order chi connectivity index (χ0) is 14.6. The molecule has 0 fully saturated rings. The number of hydrogen-bond donors (Lipinski definition) is 1. The van der Waals surface area contributed by atoms with Crippen molar-refractivity contribution in [2.45, 2.75) is 38.3 Å². The molecule has 0 aliphatic carbocycles. The summed E-state index contributed by atoms with van der Waals surface area (Å²) in [6.07, 6.45) is 1.23. The minimum atomic E-state index is -1.45. The normalized spacial score (nSPS) is 13.6. The molecule has 0 saturated heterocycles. The van der Waals surface area contributed by atoms with Gasteiger partial charge >= 0.3 is 0 Å². The SMILES string of the molecule is CCC(CC)(OC)C(NC)c1ccc(F)c(F)c1F. The summed E-state index contributed by atoms with van der Waals surface area (Å²) >= 11 is 0. The molecule has 1 N–H and O–H groups in total. The number of methoxy groups -OCH3 is 1. The molecule has 0 radical (unpaired) electrons. The van der Waals surface area contributed by atoms with Crippen molar-refractivity contribution < 1.29 is 17.9 Å². The largest absolute Gasteiger partial charge is 0.376 e. The summed E-state index contributed by atoms with van der Waals surface area (Å²) in [6, 6.07) is 1.64. The van der Waals surface area contributed by atoms with Gasteiger partial charge in [0.1, 0.15) is 0 Å². The van der Waals surface area contributed by atoms with Crippen LogP contribution in [0.25, 0.3) is 0 Å². The van der Waals surface area contributed by atoms with Crippen molar-refractivity contribution in [1.29, 1.82) is 0 Å². The van der Waals surface area contributed by atoms with Gasteiger partial charge in [0.05, 0.1) is 11.6 Å². The van der Waals surface area contributed by atoms with Crippen LogP contribution in [-0.2, 0) is 4.74 Å². The maximum Gasteiger partial charge on any atom is 0.194 e. The lowest BCUT2D eigenvalue weighted by Gasteiger charge is -2.38. The second-order valence-corrected chi connectivity index (χ2v) is 4.46. The maximum absolute atomic E-state index is 13.9. The first kappa shape index (κ1) is 16.0. The number of rotatable bonds is 6. The fourth-order valence-electron chi connectivity index (χ4n) is 2.53. The van der Waals surface area contributed by atoms with E-state index in [1.807, 2.05) is 13.8 Å². The Balaban J connectivity index is 3.35. The molecule has 0 aliphatic rings. The average Bonchev–Trinajstić information content (AvgIpc) is 2.44. The molecule has 0 aliphatic heterocycles. The van der Waals surface area contributed by atoms with Crippen molar-refractivity contribution in [2.24, 2.45) is 0 Å². The molecule has 0 amide bonds. The molecule has 1 rings (SSSR count). The smallest absolute Gasteiger partial charge is 0.194 e. The van der Waals surface area contributed by atoms with Crippen molar-refractivity contribution in [3.63, 3.8) is 0 Å². The Bertz CT molecular complexity index is 425. The van der Waals surface area contributed by atoms with Crippen LogP contribution in [0.1, 0.15) is 38.3 Å². The highest BCUT2D eigenvalue weighted by Crippen LogP contribution is 2.36. The van der Waals surface area contributed by atoms with Gasteiger partial charge < -0.3 is 10.1 Å². The first-order valence-electron chi connectivity index (χ1n) is 6.33. The fourth-order valence-corrected chi connectivity index (χ4v) is 2.53. The van der Waals surface area contributed by atoms with E-state index >= 15 is 0 Å². The predicted octanol–water partition coefficient (Wildman–Crippen LogP) is 3.57. The summed E-state index contributed by atoms with van der Waals surface area (Å²) in [5.74, 6) is -3.80. The van der Waals surface area contributed by atoms with Crippen LogP contribution in [-0.4, -0.2) is 19.8 Å². The lowest BCUT2D eigenvalue weighted by atomic mass is 9.83. The summed E-state index contributed by atoms with van der Waals surface area (Å²) in [5.41, 5.74) is -0.591. The molecule has 0 aromatic heterocycles. The molecule has 5 heteroatoms. The number of halogens is 3. The number of ether oxygens (including phenoxy) is 1. The monoisotopic (exact) mass is 275 g/mol. The van der Waals surface area contributed by atoms with Gasteiger partial charge in [-0.15, -0.1) is 0 Å². The minimum absolute atomic E-state index is 0.0759. The van der Waals surface area contributed by atoms with E-state index < -0.39 is 29.1 Å². The summed E-state index contributed by atoms with van der Waals surface area (Å²) in [5, 5.41) is 2.95. The van der Waals surface area contributed by atoms with E-state index in [9.17, 15) is 13.2 Å². The highest BCUT2D eigenvalue weighted by Gasteiger charge is 2.38. The number of hydrogen-bond acceptors (Lipinski definition) is 2. The van der Waals surface area contributed by atoms with Crippen LogP contribution in [0.2, 0.25) is 0 Å². The molecule has 1 aromatic rings. The molecular formula is C14H20F3NO. The Hall–Kier alpha value is -1.07. The van der Waals surface area contributed by atoms with Gasteiger partial charge in [-0.3, -0.25) is 0 Å². The van der Waals surface area contributed by atoms with Crippen LogP contribution < -0.4 is 5.32 Å². The van der Waals surface area contributed by atoms with E-state index in [1.165, 1.54) is 13.2 Å². The van der Waals surface area contributed by atoms with E-state index in [0.29, 0.717) is 12.8 Å². The molecule has 108 valence electrons. The molecule has 2 nitrogen and oxygen atoms in total. The molecule has 1 aromatic carbocycles. The van der Waals surface area contributed by atoms with Gasteiger partial charge in [0.25, 0.3) is 0 Å². The Labute approximate surface area is 112 Å². The Morgan fingerprint density at radius 2 is 1.74 bits per heavy atom. The Kier molecular flexibility index (Phi) is 5.38. The summed E-state index contributed by atoms with van der Waals surface area (Å²) in [7, 11) is 3.18. The summed E-state index contributed by atoms with van der Waals surface area (Å²) < 4.78 is 45.8. The van der Waals surface area contributed by atoms with Crippen LogP contribution in [0.5, 0.6) is 0 Å². The average molecular weight is 275 g/mol. The van der Waals surface area contributed by atoms with Crippen LogP contribution in [0.4, 0.5) is 13.2 Å². The third kappa shape index (κ3) is 2.77. The summed E-state index contributed by atoms with van der Waals surface area (Å²) in [4.78, 5) is 0. The van der Waals surface area contributed by atoms with E-state index in [2.05, 4.69) is 5.32 Å². The van der Waals surface area contributed by atoms with Crippen LogP contribution >= 0.6 is 0 Å². The van der Waals surface area contributed by atoms with Crippen LogP contribution in [0, 0.1) is 17.5 Å². The molecule has 0 bridgehead atoms. The molecule has 1 unspecified atom stereocenters. The topological polar surface area (TPSA) is 21.3 Å². The van der Waals surface area contributed by atoms with Gasteiger partial charge in [0, 0.05) is 12.7 Å². The van der Waals surface area contributed by atoms with E-state index in [1.54, 1.807) is 7.05 Å². The van der Waals surface area contributed by atoms with E-state index in [4.69, 9.17) is 4.74 Å². The van der Waals surface area contributed by atoms with Crippen molar-refractivity contribution in [1.82, 2.24) is 5.32 Å². The van der Waals surface area contributed by atoms with Gasteiger partial charge in [-0.2, -0.15) is 0 Å². The first-order valence-corrected chi connectivity index (χ1v) is 6.33. The lowest BCUT2D eigenvalue weighted by Crippen LogP contribution is -2.44. The van der Waals surface area contributed by atoms with E-state index in [-0.39, 0.29) is 5.56 Å². The number of likely N-dealkylation sites (N-methyl/N-ethyl adjacent to an activating group) is 1. The molecule has 19 heavy (non-hydrogen) atoms. The molecule has 0 heterocycles. The lowest BCUT2D eigenvalue weighted by molar-refractivity contribution is -0.0477. The zero-order valence-electron chi connectivity index (χ0n) is 11.7. The van der Waals surface area contributed by atoms with Crippen molar-refractivity contribution in [3.05, 3.63) is 35.1 Å². The van der Waals surface area contributed by atoms with Crippen molar-refractivity contribution in [3.8, 4) is 0 Å². The standard InChI is InChI=1S/C14H20F3NO/c1-5-14(6-2,19-4)13(18-3)9-7-8-10(15)12(17)11(9)16/h7-8,13,18H,5-6H2,1-4H3. The van der Waals surface area contributed by atoms with Gasteiger partial charge in [0.2, 0.25) is 0 Å². The fraction of sp³-hybridized carbons (Fsp3) is 0.571. The van der Waals surface area contributed by atoms with Gasteiger partial charge in [0.15, 0.2) is 17.5 Å². The predicted molar refractivity (Wildman–Crippen MR) is 68.4 cm³/mol. The summed E-state index contributed by atoms with van der Waals surface area (Å²) in [6.45, 7) is 3.82. The second kappa shape index (κ2) is 6.39. The third-order valence-corrected chi connectivity index (χ3v) is 3.79. The van der Waals surface area contributed by atoms with E-state index in [0.717, 1.165) is 6.07 Å². The molecule has 0 spiro atoms. The Morgan fingerprint density at radius 1 is 1.16 bits per heavy atom. The Morgan fingerprint density at radius 3 is 2.16 bits per heavy atom. The van der Waals surface area contributed by atoms with Crippen molar-refractivity contribution in [2.75, 3.05) is 14.2 Å². The zero-order valence-corrected chi connectivity index (χ0v) is 11.7. The van der Waals surface area contributed by atoms with Crippen LogP contribution in [0.15, 0.2) is 12.1 Å². The third-order valence-electron chi connectivity index (χ3n) is 3.79. The molecular weight excluding hydrogens is 255 g/mol.